The molecule has 3 N–H and O–H groups in total. The average Bonchev–Trinajstić information content (AvgIpc) is 3.30. The number of nitrogens with zero attached hydrogens (tertiary/aromatic N) is 1. The van der Waals surface area contributed by atoms with E-state index in [0.29, 0.717) is 6.54 Å². The molecule has 116 valence electrons. The Kier molecular flexibility index (Phi) is 5.62. The van der Waals surface area contributed by atoms with Gasteiger partial charge in [0, 0.05) is 13.1 Å². The minimum atomic E-state index is -0.944. The van der Waals surface area contributed by atoms with Crippen molar-refractivity contribution in [1.82, 2.24) is 10.6 Å². The van der Waals surface area contributed by atoms with E-state index in [9.17, 15) is 5.11 Å². The molecular weight excluding hydrogens is 262 g/mol. The number of aliphatic hydroxyl groups is 1. The summed E-state index contributed by atoms with van der Waals surface area (Å²) < 4.78 is 0. The molecule has 0 bridgehead atoms. The largest absolute Gasteiger partial charge is 0.384 e. The van der Waals surface area contributed by atoms with Crippen LogP contribution in [0.25, 0.3) is 0 Å². The van der Waals surface area contributed by atoms with Gasteiger partial charge in [0.15, 0.2) is 5.96 Å². The molecule has 0 aromatic heterocycles. The highest BCUT2D eigenvalue weighted by molar-refractivity contribution is 5.79. The highest BCUT2D eigenvalue weighted by atomic mass is 16.3. The Labute approximate surface area is 127 Å². The predicted molar refractivity (Wildman–Crippen MR) is 87.3 cm³/mol. The van der Waals surface area contributed by atoms with E-state index < -0.39 is 5.60 Å². The van der Waals surface area contributed by atoms with E-state index in [-0.39, 0.29) is 0 Å². The van der Waals surface area contributed by atoms with Crippen LogP contribution in [0.5, 0.6) is 0 Å². The first-order valence-electron chi connectivity index (χ1n) is 7.92. The summed E-state index contributed by atoms with van der Waals surface area (Å²) in [6.45, 7) is 5.97. The molecular formula is C17H27N3O. The number of hydrogen-bond acceptors (Lipinski definition) is 2. The van der Waals surface area contributed by atoms with Gasteiger partial charge in [0.05, 0.1) is 6.54 Å². The lowest BCUT2D eigenvalue weighted by Gasteiger charge is -2.22. The number of hydrogen-bond donors (Lipinski definition) is 3. The zero-order chi connectivity index (χ0) is 15.1. The summed E-state index contributed by atoms with van der Waals surface area (Å²) in [5, 5.41) is 17.1. The van der Waals surface area contributed by atoms with E-state index in [4.69, 9.17) is 0 Å². The normalized spacial score (nSPS) is 18.1. The molecule has 1 unspecified atom stereocenters. The molecule has 1 aromatic rings. The van der Waals surface area contributed by atoms with Crippen molar-refractivity contribution in [2.24, 2.45) is 10.9 Å². The van der Waals surface area contributed by atoms with Gasteiger partial charge in [0.25, 0.3) is 0 Å². The fourth-order valence-corrected chi connectivity index (χ4v) is 2.26. The van der Waals surface area contributed by atoms with Crippen LogP contribution in [-0.4, -0.2) is 30.7 Å². The van der Waals surface area contributed by atoms with Crippen molar-refractivity contribution >= 4 is 5.96 Å². The van der Waals surface area contributed by atoms with E-state index in [0.717, 1.165) is 30.5 Å². The van der Waals surface area contributed by atoms with Gasteiger partial charge in [-0.2, -0.15) is 0 Å². The van der Waals surface area contributed by atoms with E-state index >= 15 is 0 Å². The molecule has 2 rings (SSSR count). The third-order valence-electron chi connectivity index (χ3n) is 3.83. The summed E-state index contributed by atoms with van der Waals surface area (Å²) in [4.78, 5) is 4.52. The van der Waals surface area contributed by atoms with Gasteiger partial charge >= 0.3 is 0 Å². The molecule has 1 aliphatic carbocycles. The molecule has 1 atom stereocenters. The molecule has 0 saturated heterocycles. The summed E-state index contributed by atoms with van der Waals surface area (Å²) in [6.07, 6.45) is 3.95. The van der Waals surface area contributed by atoms with Crippen molar-refractivity contribution in [1.29, 1.82) is 0 Å². The van der Waals surface area contributed by atoms with E-state index in [1.54, 1.807) is 6.92 Å². The van der Waals surface area contributed by atoms with Crippen LogP contribution >= 0.6 is 0 Å². The Hall–Kier alpha value is -1.55. The van der Waals surface area contributed by atoms with Crippen LogP contribution in [0.2, 0.25) is 0 Å². The molecule has 0 radical (unpaired) electrons. The zero-order valence-electron chi connectivity index (χ0n) is 13.1. The Morgan fingerprint density at radius 2 is 2.00 bits per heavy atom. The number of nitrogens with one attached hydrogen (secondary N) is 2. The summed E-state index contributed by atoms with van der Waals surface area (Å²) >= 11 is 0. The van der Waals surface area contributed by atoms with Crippen molar-refractivity contribution in [3.63, 3.8) is 0 Å². The summed E-state index contributed by atoms with van der Waals surface area (Å²) in [5.41, 5.74) is -0.0531. The standard InChI is InChI=1S/C17H27N3O/c1-3-18-16(19-12-11-14-9-10-14)20-13-17(2,21)15-7-5-4-6-8-15/h4-8,14,21H,3,9-13H2,1-2H3,(H2,18,19,20). The van der Waals surface area contributed by atoms with Crippen LogP contribution in [0.4, 0.5) is 0 Å². The van der Waals surface area contributed by atoms with Gasteiger partial charge in [-0.15, -0.1) is 0 Å². The second-order valence-corrected chi connectivity index (χ2v) is 5.99. The number of rotatable bonds is 7. The zero-order valence-corrected chi connectivity index (χ0v) is 13.1. The van der Waals surface area contributed by atoms with Crippen LogP contribution in [0, 0.1) is 5.92 Å². The second kappa shape index (κ2) is 7.46. The number of benzene rings is 1. The fraction of sp³-hybridized carbons (Fsp3) is 0.588. The van der Waals surface area contributed by atoms with Crippen molar-refractivity contribution in [2.75, 3.05) is 19.6 Å². The van der Waals surface area contributed by atoms with Crippen LogP contribution in [0.1, 0.15) is 38.7 Å². The second-order valence-electron chi connectivity index (χ2n) is 5.99. The minimum absolute atomic E-state index is 0.343. The average molecular weight is 289 g/mol. The van der Waals surface area contributed by atoms with Gasteiger partial charge in [-0.25, -0.2) is 4.99 Å². The molecule has 4 nitrogen and oxygen atoms in total. The van der Waals surface area contributed by atoms with Crippen LogP contribution in [0.3, 0.4) is 0 Å². The Morgan fingerprint density at radius 3 is 2.62 bits per heavy atom. The molecule has 0 amide bonds. The molecule has 0 heterocycles. The molecule has 0 spiro atoms. The lowest BCUT2D eigenvalue weighted by molar-refractivity contribution is 0.0672. The third-order valence-corrected chi connectivity index (χ3v) is 3.83. The highest BCUT2D eigenvalue weighted by Crippen LogP contribution is 2.31. The monoisotopic (exact) mass is 289 g/mol. The topological polar surface area (TPSA) is 56.7 Å². The van der Waals surface area contributed by atoms with Crippen LogP contribution < -0.4 is 10.6 Å². The molecule has 1 aliphatic rings. The van der Waals surface area contributed by atoms with Crippen LogP contribution in [-0.2, 0) is 5.60 Å². The quantitative estimate of drug-likeness (QED) is 0.533. The SMILES string of the molecule is CCNC(=NCC(C)(O)c1ccccc1)NCCC1CC1. The Balaban J connectivity index is 1.90. The number of aliphatic imine (C=N–C) groups is 1. The van der Waals surface area contributed by atoms with E-state index in [1.807, 2.05) is 37.3 Å². The maximum atomic E-state index is 10.6. The first kappa shape index (κ1) is 15.8. The summed E-state index contributed by atoms with van der Waals surface area (Å²) in [6, 6.07) is 9.69. The van der Waals surface area contributed by atoms with Gasteiger partial charge in [0.2, 0.25) is 0 Å². The van der Waals surface area contributed by atoms with Gasteiger partial charge in [0.1, 0.15) is 5.60 Å². The van der Waals surface area contributed by atoms with Crippen LogP contribution in [0.15, 0.2) is 35.3 Å². The molecule has 1 fully saturated rings. The van der Waals surface area contributed by atoms with Crippen molar-refractivity contribution < 1.29 is 5.11 Å². The van der Waals surface area contributed by atoms with Crippen molar-refractivity contribution in [3.8, 4) is 0 Å². The highest BCUT2D eigenvalue weighted by Gasteiger charge is 2.23. The molecule has 1 saturated carbocycles. The van der Waals surface area contributed by atoms with Gasteiger partial charge in [-0.1, -0.05) is 43.2 Å². The molecule has 1 aromatic carbocycles. The maximum Gasteiger partial charge on any atom is 0.191 e. The molecule has 0 aliphatic heterocycles. The first-order chi connectivity index (χ1) is 10.1. The maximum absolute atomic E-state index is 10.6. The van der Waals surface area contributed by atoms with Gasteiger partial charge < -0.3 is 15.7 Å². The van der Waals surface area contributed by atoms with E-state index in [2.05, 4.69) is 15.6 Å². The van der Waals surface area contributed by atoms with Gasteiger partial charge in [-0.3, -0.25) is 0 Å². The van der Waals surface area contributed by atoms with Crippen molar-refractivity contribution in [2.45, 2.75) is 38.7 Å². The summed E-state index contributed by atoms with van der Waals surface area (Å²) in [5.74, 6) is 1.70. The number of guanidine groups is 1. The molecule has 21 heavy (non-hydrogen) atoms. The fourth-order valence-electron chi connectivity index (χ4n) is 2.26. The third kappa shape index (κ3) is 5.38. The lowest BCUT2D eigenvalue weighted by Crippen LogP contribution is -2.39. The van der Waals surface area contributed by atoms with Gasteiger partial charge in [-0.05, 0) is 31.7 Å². The molecule has 4 heteroatoms. The lowest BCUT2D eigenvalue weighted by atomic mass is 9.96. The summed E-state index contributed by atoms with van der Waals surface area (Å²) in [7, 11) is 0. The minimum Gasteiger partial charge on any atom is -0.384 e. The smallest absolute Gasteiger partial charge is 0.191 e. The van der Waals surface area contributed by atoms with E-state index in [1.165, 1.54) is 19.3 Å². The first-order valence-corrected chi connectivity index (χ1v) is 7.92. The predicted octanol–water partition coefficient (Wildman–Crippen LogP) is 2.25. The Morgan fingerprint density at radius 1 is 1.29 bits per heavy atom. The Bertz CT molecular complexity index is 452. The van der Waals surface area contributed by atoms with Crippen molar-refractivity contribution in [3.05, 3.63) is 35.9 Å².